The van der Waals surface area contributed by atoms with E-state index in [-0.39, 0.29) is 12.7 Å². The first-order chi connectivity index (χ1) is 18.5. The van der Waals surface area contributed by atoms with Crippen molar-refractivity contribution < 1.29 is 33.9 Å². The zero-order valence-corrected chi connectivity index (χ0v) is 21.6. The summed E-state index contributed by atoms with van der Waals surface area (Å²) in [4.78, 5) is 0. The lowest BCUT2D eigenvalue weighted by Crippen LogP contribution is -2.59. The Morgan fingerprint density at radius 1 is 0.868 bits per heavy atom. The third-order valence-corrected chi connectivity index (χ3v) is 7.72. The van der Waals surface area contributed by atoms with E-state index >= 15 is 0 Å². The van der Waals surface area contributed by atoms with Crippen LogP contribution in [-0.4, -0.2) is 60.6 Å². The number of hydrogen-bond acceptors (Lipinski definition) is 7. The van der Waals surface area contributed by atoms with Crippen molar-refractivity contribution in [2.45, 2.75) is 55.8 Å². The number of hydrogen-bond donors (Lipinski definition) is 2. The van der Waals surface area contributed by atoms with Crippen LogP contribution < -0.4 is 4.74 Å². The number of aliphatic hydroxyl groups is 2. The van der Waals surface area contributed by atoms with Gasteiger partial charge in [-0.1, -0.05) is 66.2 Å². The summed E-state index contributed by atoms with van der Waals surface area (Å²) in [5.74, 6) is 0.817. The Kier molecular flexibility index (Phi) is 7.68. The van der Waals surface area contributed by atoms with Crippen molar-refractivity contribution in [3.05, 3.63) is 100 Å². The smallest absolute Gasteiger partial charge is 0.184 e. The minimum atomic E-state index is -1.17. The van der Waals surface area contributed by atoms with Gasteiger partial charge in [-0.3, -0.25) is 0 Å². The molecule has 0 bridgehead atoms. The number of fused-ring (bicyclic) bond motifs is 1. The molecule has 3 aliphatic heterocycles. The first-order valence-corrected chi connectivity index (χ1v) is 13.4. The number of benzene rings is 3. The maximum atomic E-state index is 11.0. The molecule has 3 aliphatic rings. The molecule has 200 valence electrons. The van der Waals surface area contributed by atoms with Crippen molar-refractivity contribution in [1.29, 1.82) is 0 Å². The zero-order valence-electron chi connectivity index (χ0n) is 20.8. The Morgan fingerprint density at radius 2 is 1.68 bits per heavy atom. The van der Waals surface area contributed by atoms with Gasteiger partial charge in [0.05, 0.1) is 19.8 Å². The van der Waals surface area contributed by atoms with E-state index in [1.165, 1.54) is 0 Å². The standard InChI is InChI=1S/C30H31ClO7/c31-24-11-8-20(15-21(24)14-18-6-9-22(10-7-18)36-23-12-13-34-16-23)28-26(32)27(33)29-25(37-28)17-35-30(38-29)19-4-2-1-3-5-19/h1-11,15,23,25-30,32-33H,12-14,16-17H2/t23-,25+,26+,27+,28-,29+,30?/m0/s1. The Morgan fingerprint density at radius 3 is 2.45 bits per heavy atom. The highest BCUT2D eigenvalue weighted by Gasteiger charge is 2.49. The summed E-state index contributed by atoms with van der Waals surface area (Å²) < 4.78 is 29.5. The molecule has 0 aromatic heterocycles. The van der Waals surface area contributed by atoms with Gasteiger partial charge in [0, 0.05) is 17.0 Å². The fraction of sp³-hybridized carbons (Fsp3) is 0.400. The van der Waals surface area contributed by atoms with E-state index < -0.39 is 36.8 Å². The second-order valence-corrected chi connectivity index (χ2v) is 10.4. The Balaban J connectivity index is 1.14. The zero-order chi connectivity index (χ0) is 26.1. The molecule has 3 heterocycles. The van der Waals surface area contributed by atoms with E-state index in [0.717, 1.165) is 41.0 Å². The van der Waals surface area contributed by atoms with E-state index in [2.05, 4.69) is 0 Å². The molecule has 3 saturated heterocycles. The van der Waals surface area contributed by atoms with E-state index in [4.69, 9.17) is 35.3 Å². The van der Waals surface area contributed by atoms with Gasteiger partial charge in [0.2, 0.25) is 0 Å². The van der Waals surface area contributed by atoms with E-state index in [9.17, 15) is 10.2 Å². The summed E-state index contributed by atoms with van der Waals surface area (Å²) in [6.07, 6.45) is -3.28. The molecule has 0 saturated carbocycles. The van der Waals surface area contributed by atoms with Crippen molar-refractivity contribution in [2.75, 3.05) is 19.8 Å². The van der Waals surface area contributed by atoms with Crippen molar-refractivity contribution in [1.82, 2.24) is 0 Å². The molecule has 8 heteroatoms. The Labute approximate surface area is 226 Å². The molecule has 3 aromatic carbocycles. The van der Waals surface area contributed by atoms with Gasteiger partial charge in [0.25, 0.3) is 0 Å². The van der Waals surface area contributed by atoms with E-state index in [1.54, 1.807) is 6.07 Å². The number of aliphatic hydroxyl groups excluding tert-OH is 2. The summed E-state index contributed by atoms with van der Waals surface area (Å²) in [5.41, 5.74) is 3.56. The fourth-order valence-electron chi connectivity index (χ4n) is 5.28. The Hall–Kier alpha value is -2.49. The molecule has 3 fully saturated rings. The van der Waals surface area contributed by atoms with Crippen LogP contribution in [0.25, 0.3) is 0 Å². The summed E-state index contributed by atoms with van der Waals surface area (Å²) in [5, 5.41) is 22.7. The lowest BCUT2D eigenvalue weighted by molar-refractivity contribution is -0.330. The molecule has 2 N–H and O–H groups in total. The minimum Gasteiger partial charge on any atom is -0.488 e. The number of ether oxygens (including phenoxy) is 5. The average Bonchev–Trinajstić information content (AvgIpc) is 3.46. The molecule has 0 amide bonds. The van der Waals surface area contributed by atoms with Gasteiger partial charge >= 0.3 is 0 Å². The van der Waals surface area contributed by atoms with Gasteiger partial charge in [-0.2, -0.15) is 0 Å². The van der Waals surface area contributed by atoms with Crippen LogP contribution >= 0.6 is 11.6 Å². The summed E-state index contributed by atoms with van der Waals surface area (Å²) >= 11 is 6.55. The van der Waals surface area contributed by atoms with Crippen molar-refractivity contribution >= 4 is 11.6 Å². The summed E-state index contributed by atoms with van der Waals surface area (Å²) in [6, 6.07) is 23.0. The predicted molar refractivity (Wildman–Crippen MR) is 140 cm³/mol. The quantitative estimate of drug-likeness (QED) is 0.482. The highest BCUT2D eigenvalue weighted by molar-refractivity contribution is 6.31. The van der Waals surface area contributed by atoms with Gasteiger partial charge in [0.1, 0.15) is 42.4 Å². The van der Waals surface area contributed by atoms with Crippen molar-refractivity contribution in [3.8, 4) is 5.75 Å². The van der Waals surface area contributed by atoms with Crippen molar-refractivity contribution in [2.24, 2.45) is 0 Å². The summed E-state index contributed by atoms with van der Waals surface area (Å²) in [7, 11) is 0. The molecule has 0 spiro atoms. The molecule has 3 aromatic rings. The van der Waals surface area contributed by atoms with Gasteiger partial charge in [-0.05, 0) is 41.3 Å². The lowest BCUT2D eigenvalue weighted by atomic mass is 9.89. The van der Waals surface area contributed by atoms with Crippen LogP contribution in [0.15, 0.2) is 72.8 Å². The van der Waals surface area contributed by atoms with Crippen LogP contribution in [0.4, 0.5) is 0 Å². The third kappa shape index (κ3) is 5.46. The Bertz CT molecular complexity index is 1210. The van der Waals surface area contributed by atoms with Gasteiger partial charge < -0.3 is 33.9 Å². The van der Waals surface area contributed by atoms with E-state index in [1.807, 2.05) is 66.7 Å². The highest BCUT2D eigenvalue weighted by atomic mass is 35.5. The van der Waals surface area contributed by atoms with Gasteiger partial charge in [-0.25, -0.2) is 0 Å². The fourth-order valence-corrected chi connectivity index (χ4v) is 5.46. The first-order valence-electron chi connectivity index (χ1n) is 13.0. The second kappa shape index (κ2) is 11.3. The molecule has 1 unspecified atom stereocenters. The van der Waals surface area contributed by atoms with Crippen LogP contribution in [0.3, 0.4) is 0 Å². The molecule has 0 radical (unpaired) electrons. The molecule has 0 aliphatic carbocycles. The molecular weight excluding hydrogens is 508 g/mol. The lowest BCUT2D eigenvalue weighted by Gasteiger charge is -2.46. The normalized spacial score (nSPS) is 31.1. The van der Waals surface area contributed by atoms with Crippen LogP contribution in [-0.2, 0) is 25.4 Å². The molecule has 38 heavy (non-hydrogen) atoms. The molecular formula is C30H31ClO7. The highest BCUT2D eigenvalue weighted by Crippen LogP contribution is 2.40. The second-order valence-electron chi connectivity index (χ2n) is 10.0. The molecule has 6 rings (SSSR count). The monoisotopic (exact) mass is 538 g/mol. The third-order valence-electron chi connectivity index (χ3n) is 7.36. The van der Waals surface area contributed by atoms with Crippen molar-refractivity contribution in [3.63, 3.8) is 0 Å². The van der Waals surface area contributed by atoms with Gasteiger partial charge in [0.15, 0.2) is 6.29 Å². The predicted octanol–water partition coefficient (Wildman–Crippen LogP) is 4.37. The van der Waals surface area contributed by atoms with Crippen LogP contribution in [0.1, 0.15) is 41.1 Å². The van der Waals surface area contributed by atoms with Crippen LogP contribution in [0, 0.1) is 0 Å². The minimum absolute atomic E-state index is 0.105. The SMILES string of the molecule is O[C@@H]1[C@@H](O)[C@H](c2ccc(Cl)c(Cc3ccc(O[C@H]4CCOC4)cc3)c2)O[C@@H]2COC(c3ccccc3)O[C@@H]12. The van der Waals surface area contributed by atoms with Gasteiger partial charge in [-0.15, -0.1) is 0 Å². The molecule has 7 nitrogen and oxygen atoms in total. The van der Waals surface area contributed by atoms with Crippen LogP contribution in [0.5, 0.6) is 5.75 Å². The first kappa shape index (κ1) is 25.8. The maximum absolute atomic E-state index is 11.0. The molecule has 7 atom stereocenters. The topological polar surface area (TPSA) is 86.6 Å². The van der Waals surface area contributed by atoms with Crippen LogP contribution in [0.2, 0.25) is 5.02 Å². The largest absolute Gasteiger partial charge is 0.488 e. The summed E-state index contributed by atoms with van der Waals surface area (Å²) in [6.45, 7) is 1.61. The average molecular weight is 539 g/mol. The number of halogens is 1. The number of rotatable bonds is 6. The maximum Gasteiger partial charge on any atom is 0.184 e. The van der Waals surface area contributed by atoms with E-state index in [0.29, 0.717) is 18.1 Å².